The van der Waals surface area contributed by atoms with Crippen LogP contribution in [0.3, 0.4) is 0 Å². The minimum Gasteiger partial charge on any atom is -0.444 e. The zero-order valence-corrected chi connectivity index (χ0v) is 16.2. The molecule has 1 saturated carbocycles. The van der Waals surface area contributed by atoms with Crippen molar-refractivity contribution in [3.8, 4) is 0 Å². The number of primary amides is 1. The number of para-hydroxylation sites is 1. The number of alkyl carbamates (subject to hydrolysis) is 1. The lowest BCUT2D eigenvalue weighted by Gasteiger charge is -2.28. The third-order valence-corrected chi connectivity index (χ3v) is 4.97. The maximum atomic E-state index is 11.8. The van der Waals surface area contributed by atoms with Crippen LogP contribution >= 0.6 is 0 Å². The van der Waals surface area contributed by atoms with Gasteiger partial charge in [0, 0.05) is 12.5 Å². The number of imidazole rings is 1. The van der Waals surface area contributed by atoms with E-state index >= 15 is 0 Å². The minimum atomic E-state index is -0.479. The Morgan fingerprint density at radius 2 is 1.96 bits per heavy atom. The van der Waals surface area contributed by atoms with Crippen LogP contribution in [0.1, 0.15) is 68.6 Å². The topological polar surface area (TPSA) is 110 Å². The summed E-state index contributed by atoms with van der Waals surface area (Å²) < 4.78 is 5.28. The number of nitrogens with one attached hydrogen (secondary N) is 2. The molecule has 1 aliphatic rings. The van der Waals surface area contributed by atoms with Crippen molar-refractivity contribution in [3.05, 3.63) is 29.6 Å². The fourth-order valence-electron chi connectivity index (χ4n) is 3.63. The van der Waals surface area contributed by atoms with E-state index in [0.29, 0.717) is 29.5 Å². The maximum Gasteiger partial charge on any atom is 0.407 e. The summed E-state index contributed by atoms with van der Waals surface area (Å²) in [7, 11) is 0. The standard InChI is InChI=1S/C20H28N4O3/c1-20(2,3)27-19(26)22-11-12-7-9-13(10-8-12)18-23-15-6-4-5-14(17(21)25)16(15)24-18/h4-6,12-13H,7-11H2,1-3H3,(H2,21,25)(H,22,26)(H,23,24)/t12-,13-. The number of hydrogen-bond donors (Lipinski definition) is 3. The molecule has 0 atom stereocenters. The van der Waals surface area contributed by atoms with Gasteiger partial charge in [-0.2, -0.15) is 0 Å². The second-order valence-electron chi connectivity index (χ2n) is 8.29. The largest absolute Gasteiger partial charge is 0.444 e. The number of hydrogen-bond acceptors (Lipinski definition) is 4. The molecule has 4 N–H and O–H groups in total. The number of amides is 2. The molecule has 146 valence electrons. The number of fused-ring (bicyclic) bond motifs is 1. The minimum absolute atomic E-state index is 0.330. The molecular formula is C20H28N4O3. The van der Waals surface area contributed by atoms with E-state index < -0.39 is 11.5 Å². The van der Waals surface area contributed by atoms with E-state index in [1.165, 1.54) is 0 Å². The number of H-pyrrole nitrogens is 1. The number of aromatic nitrogens is 2. The molecule has 0 unspecified atom stereocenters. The molecule has 0 aliphatic heterocycles. The fraction of sp³-hybridized carbons (Fsp3) is 0.550. The van der Waals surface area contributed by atoms with Crippen LogP contribution in [0.2, 0.25) is 0 Å². The van der Waals surface area contributed by atoms with Crippen LogP contribution in [0.15, 0.2) is 18.2 Å². The molecule has 2 aromatic rings. The quantitative estimate of drug-likeness (QED) is 0.763. The maximum absolute atomic E-state index is 11.8. The Hall–Kier alpha value is -2.57. The SMILES string of the molecule is CC(C)(C)OC(=O)NC[C@H]1CC[C@H](c2nc3cccc(C(N)=O)c3[nH]2)CC1. The Labute approximate surface area is 159 Å². The zero-order valence-electron chi connectivity index (χ0n) is 16.2. The number of ether oxygens (including phenoxy) is 1. The summed E-state index contributed by atoms with van der Waals surface area (Å²) in [5.41, 5.74) is 6.93. The highest BCUT2D eigenvalue weighted by Crippen LogP contribution is 2.35. The molecule has 7 heteroatoms. The van der Waals surface area contributed by atoms with E-state index in [1.807, 2.05) is 26.8 Å². The van der Waals surface area contributed by atoms with Gasteiger partial charge in [-0.3, -0.25) is 4.79 Å². The molecule has 7 nitrogen and oxygen atoms in total. The smallest absolute Gasteiger partial charge is 0.407 e. The average Bonchev–Trinajstić information content (AvgIpc) is 3.02. The Morgan fingerprint density at radius 1 is 1.26 bits per heavy atom. The van der Waals surface area contributed by atoms with E-state index in [0.717, 1.165) is 37.0 Å². The van der Waals surface area contributed by atoms with E-state index in [-0.39, 0.29) is 6.09 Å². The van der Waals surface area contributed by atoms with Gasteiger partial charge in [-0.1, -0.05) is 6.07 Å². The number of carbonyl (C=O) groups excluding carboxylic acids is 2. The number of benzene rings is 1. The van der Waals surface area contributed by atoms with E-state index in [1.54, 1.807) is 12.1 Å². The van der Waals surface area contributed by atoms with Gasteiger partial charge in [0.1, 0.15) is 11.4 Å². The number of nitrogens with zero attached hydrogens (tertiary/aromatic N) is 1. The van der Waals surface area contributed by atoms with Crippen molar-refractivity contribution in [2.24, 2.45) is 11.7 Å². The van der Waals surface area contributed by atoms with Crippen molar-refractivity contribution in [2.75, 3.05) is 6.54 Å². The highest BCUT2D eigenvalue weighted by molar-refractivity contribution is 6.04. The van der Waals surface area contributed by atoms with Crippen molar-refractivity contribution < 1.29 is 14.3 Å². The van der Waals surface area contributed by atoms with Gasteiger partial charge in [-0.15, -0.1) is 0 Å². The van der Waals surface area contributed by atoms with Gasteiger partial charge in [0.25, 0.3) is 5.91 Å². The molecule has 0 radical (unpaired) electrons. The van der Waals surface area contributed by atoms with Crippen molar-refractivity contribution in [2.45, 2.75) is 58.0 Å². The van der Waals surface area contributed by atoms with Crippen LogP contribution in [-0.2, 0) is 4.74 Å². The fourth-order valence-corrected chi connectivity index (χ4v) is 3.63. The van der Waals surface area contributed by atoms with Crippen LogP contribution in [0.4, 0.5) is 4.79 Å². The van der Waals surface area contributed by atoms with Crippen LogP contribution in [0, 0.1) is 5.92 Å². The third-order valence-electron chi connectivity index (χ3n) is 4.97. The van der Waals surface area contributed by atoms with Gasteiger partial charge < -0.3 is 20.8 Å². The Balaban J connectivity index is 1.56. The first-order valence-electron chi connectivity index (χ1n) is 9.48. The first kappa shape index (κ1) is 19.2. The number of aromatic amines is 1. The first-order valence-corrected chi connectivity index (χ1v) is 9.48. The van der Waals surface area contributed by atoms with Gasteiger partial charge >= 0.3 is 6.09 Å². The second-order valence-corrected chi connectivity index (χ2v) is 8.29. The predicted molar refractivity (Wildman–Crippen MR) is 104 cm³/mol. The second kappa shape index (κ2) is 7.58. The lowest BCUT2D eigenvalue weighted by atomic mass is 9.81. The number of nitrogens with two attached hydrogens (primary N) is 1. The molecule has 0 saturated heterocycles. The number of carbonyl (C=O) groups is 2. The normalized spacial score (nSPS) is 20.4. The summed E-state index contributed by atoms with van der Waals surface area (Å²) in [6, 6.07) is 5.40. The van der Waals surface area contributed by atoms with Crippen LogP contribution in [0.25, 0.3) is 11.0 Å². The summed E-state index contributed by atoms with van der Waals surface area (Å²) in [6.45, 7) is 6.20. The Morgan fingerprint density at radius 3 is 2.59 bits per heavy atom. The van der Waals surface area contributed by atoms with Crippen LogP contribution in [0.5, 0.6) is 0 Å². The summed E-state index contributed by atoms with van der Waals surface area (Å²) in [6.07, 6.45) is 3.65. The van der Waals surface area contributed by atoms with Crippen molar-refractivity contribution in [1.82, 2.24) is 15.3 Å². The molecule has 0 spiro atoms. The summed E-state index contributed by atoms with van der Waals surface area (Å²) in [5, 5.41) is 2.87. The monoisotopic (exact) mass is 372 g/mol. The molecule has 1 aromatic carbocycles. The first-order chi connectivity index (χ1) is 12.7. The van der Waals surface area contributed by atoms with Crippen molar-refractivity contribution in [3.63, 3.8) is 0 Å². The molecule has 1 aliphatic carbocycles. The zero-order chi connectivity index (χ0) is 19.6. The van der Waals surface area contributed by atoms with Gasteiger partial charge in [-0.05, 0) is 64.5 Å². The molecule has 2 amide bonds. The van der Waals surface area contributed by atoms with Crippen molar-refractivity contribution in [1.29, 1.82) is 0 Å². The summed E-state index contributed by atoms with van der Waals surface area (Å²) in [4.78, 5) is 31.3. The third kappa shape index (κ3) is 4.78. The lowest BCUT2D eigenvalue weighted by Crippen LogP contribution is -2.36. The van der Waals surface area contributed by atoms with Gasteiger partial charge in [0.2, 0.25) is 0 Å². The highest BCUT2D eigenvalue weighted by atomic mass is 16.6. The molecule has 1 fully saturated rings. The van der Waals surface area contributed by atoms with Gasteiger partial charge in [-0.25, -0.2) is 9.78 Å². The van der Waals surface area contributed by atoms with Gasteiger partial charge in [0.05, 0.1) is 16.6 Å². The number of rotatable bonds is 4. The lowest BCUT2D eigenvalue weighted by molar-refractivity contribution is 0.0514. The van der Waals surface area contributed by atoms with Crippen molar-refractivity contribution >= 4 is 23.0 Å². The summed E-state index contributed by atoms with van der Waals surface area (Å²) >= 11 is 0. The Bertz CT molecular complexity index is 829. The molecule has 1 aromatic heterocycles. The van der Waals surface area contributed by atoms with E-state index in [4.69, 9.17) is 10.5 Å². The van der Waals surface area contributed by atoms with Crippen LogP contribution in [-0.4, -0.2) is 34.1 Å². The molecular weight excluding hydrogens is 344 g/mol. The molecule has 27 heavy (non-hydrogen) atoms. The van der Waals surface area contributed by atoms with Crippen LogP contribution < -0.4 is 11.1 Å². The van der Waals surface area contributed by atoms with Gasteiger partial charge in [0.15, 0.2) is 0 Å². The Kier molecular flexibility index (Phi) is 5.39. The molecule has 1 heterocycles. The summed E-state index contributed by atoms with van der Waals surface area (Å²) in [5.74, 6) is 1.24. The molecule has 0 bridgehead atoms. The highest BCUT2D eigenvalue weighted by Gasteiger charge is 2.26. The average molecular weight is 372 g/mol. The van der Waals surface area contributed by atoms with E-state index in [2.05, 4.69) is 15.3 Å². The van der Waals surface area contributed by atoms with E-state index in [9.17, 15) is 9.59 Å². The molecule has 3 rings (SSSR count). The predicted octanol–water partition coefficient (Wildman–Crippen LogP) is 3.46.